The number of fused-ring (bicyclic) bond motifs is 1. The number of methoxy groups -OCH3 is 1. The van der Waals surface area contributed by atoms with E-state index in [-0.39, 0.29) is 11.6 Å². The Kier molecular flexibility index (Phi) is 5.85. The van der Waals surface area contributed by atoms with Crippen LogP contribution in [-0.2, 0) is 4.79 Å². The van der Waals surface area contributed by atoms with Crippen molar-refractivity contribution in [2.45, 2.75) is 12.8 Å². The molecule has 0 radical (unpaired) electrons. The predicted molar refractivity (Wildman–Crippen MR) is 112 cm³/mol. The van der Waals surface area contributed by atoms with Crippen LogP contribution in [-0.4, -0.2) is 47.6 Å². The van der Waals surface area contributed by atoms with Crippen molar-refractivity contribution in [1.29, 1.82) is 0 Å². The highest BCUT2D eigenvalue weighted by molar-refractivity contribution is 6.30. The van der Waals surface area contributed by atoms with Crippen LogP contribution in [0.3, 0.4) is 0 Å². The number of ether oxygens (including phenoxy) is 2. The second-order valence-corrected chi connectivity index (χ2v) is 7.26. The Morgan fingerprint density at radius 2 is 2.10 bits per heavy atom. The van der Waals surface area contributed by atoms with Crippen molar-refractivity contribution in [3.63, 3.8) is 0 Å². The van der Waals surface area contributed by atoms with E-state index in [2.05, 4.69) is 15.3 Å². The molecule has 0 aliphatic carbocycles. The van der Waals surface area contributed by atoms with Gasteiger partial charge in [-0.05, 0) is 30.7 Å². The molecule has 2 heterocycles. The smallest absolute Gasteiger partial charge is 0.222 e. The van der Waals surface area contributed by atoms with Crippen LogP contribution < -0.4 is 14.8 Å². The first-order valence-electron chi connectivity index (χ1n) is 9.50. The number of nitrogens with one attached hydrogen (secondary N) is 1. The van der Waals surface area contributed by atoms with Gasteiger partial charge in [-0.1, -0.05) is 11.6 Å². The van der Waals surface area contributed by atoms with Gasteiger partial charge in [0.2, 0.25) is 5.91 Å². The van der Waals surface area contributed by atoms with Crippen LogP contribution in [0.25, 0.3) is 10.9 Å². The predicted octanol–water partition coefficient (Wildman–Crippen LogP) is 4.18. The minimum Gasteiger partial charge on any atom is -0.493 e. The average molecular weight is 431 g/mol. The highest BCUT2D eigenvalue weighted by atomic mass is 35.5. The van der Waals surface area contributed by atoms with Crippen LogP contribution in [0, 0.1) is 5.82 Å². The molecule has 1 amide bonds. The van der Waals surface area contributed by atoms with Crippen LogP contribution in [0.1, 0.15) is 12.8 Å². The summed E-state index contributed by atoms with van der Waals surface area (Å²) in [6, 6.07) is 7.84. The molecule has 9 heteroatoms. The lowest BCUT2D eigenvalue weighted by Crippen LogP contribution is -2.29. The molecule has 7 nitrogen and oxygen atoms in total. The Labute approximate surface area is 177 Å². The summed E-state index contributed by atoms with van der Waals surface area (Å²) in [6.07, 6.45) is 2.87. The third-order valence-corrected chi connectivity index (χ3v) is 5.13. The minimum atomic E-state index is -0.488. The number of aromatic nitrogens is 2. The second kappa shape index (κ2) is 8.71. The summed E-state index contributed by atoms with van der Waals surface area (Å²) in [5.41, 5.74) is 0.851. The first-order valence-corrected chi connectivity index (χ1v) is 9.88. The van der Waals surface area contributed by atoms with Crippen molar-refractivity contribution >= 4 is 39.9 Å². The maximum absolute atomic E-state index is 14.2. The monoisotopic (exact) mass is 430 g/mol. The minimum absolute atomic E-state index is 0.155. The Morgan fingerprint density at radius 3 is 2.83 bits per heavy atom. The average Bonchev–Trinajstić information content (AvgIpc) is 3.14. The molecule has 0 bridgehead atoms. The quantitative estimate of drug-likeness (QED) is 0.606. The first kappa shape index (κ1) is 20.2. The van der Waals surface area contributed by atoms with E-state index in [4.69, 9.17) is 21.1 Å². The van der Waals surface area contributed by atoms with Crippen LogP contribution in [0.2, 0.25) is 5.02 Å². The molecule has 2 aromatic carbocycles. The Hall–Kier alpha value is -3.13. The van der Waals surface area contributed by atoms with E-state index in [1.807, 2.05) is 0 Å². The number of rotatable bonds is 7. The molecule has 1 aliphatic heterocycles. The second-order valence-electron chi connectivity index (χ2n) is 6.82. The molecule has 0 atom stereocenters. The molecule has 1 saturated heterocycles. The third-order valence-electron chi connectivity index (χ3n) is 4.90. The topological polar surface area (TPSA) is 76.6 Å². The normalized spacial score (nSPS) is 13.7. The largest absolute Gasteiger partial charge is 0.493 e. The molecule has 156 valence electrons. The maximum atomic E-state index is 14.2. The first-order chi connectivity index (χ1) is 14.5. The fourth-order valence-electron chi connectivity index (χ4n) is 3.36. The highest BCUT2D eigenvalue weighted by Crippen LogP contribution is 2.35. The van der Waals surface area contributed by atoms with Gasteiger partial charge in [-0.25, -0.2) is 14.4 Å². The number of anilines is 2. The van der Waals surface area contributed by atoms with E-state index in [0.717, 1.165) is 13.0 Å². The van der Waals surface area contributed by atoms with E-state index in [0.29, 0.717) is 52.8 Å². The molecule has 30 heavy (non-hydrogen) atoms. The van der Waals surface area contributed by atoms with Crippen LogP contribution >= 0.6 is 11.6 Å². The van der Waals surface area contributed by atoms with E-state index in [1.54, 1.807) is 29.2 Å². The summed E-state index contributed by atoms with van der Waals surface area (Å²) in [7, 11) is 1.54. The molecule has 1 aromatic heterocycles. The van der Waals surface area contributed by atoms with Gasteiger partial charge in [-0.3, -0.25) is 4.79 Å². The number of halogens is 2. The zero-order valence-corrected chi connectivity index (χ0v) is 17.1. The van der Waals surface area contributed by atoms with Gasteiger partial charge < -0.3 is 19.7 Å². The Bertz CT molecular complexity index is 1100. The third kappa shape index (κ3) is 4.23. The van der Waals surface area contributed by atoms with Crippen molar-refractivity contribution < 1.29 is 18.7 Å². The van der Waals surface area contributed by atoms with Gasteiger partial charge in [0.05, 0.1) is 24.9 Å². The number of carbonyl (C=O) groups is 1. The summed E-state index contributed by atoms with van der Waals surface area (Å²) in [5, 5.41) is 3.93. The van der Waals surface area contributed by atoms with Crippen LogP contribution in [0.4, 0.5) is 15.9 Å². The molecule has 4 rings (SSSR count). The van der Waals surface area contributed by atoms with Crippen LogP contribution in [0.15, 0.2) is 36.7 Å². The summed E-state index contributed by atoms with van der Waals surface area (Å²) < 4.78 is 25.5. The molecule has 0 unspecified atom stereocenters. The number of hydrogen-bond donors (Lipinski definition) is 1. The van der Waals surface area contributed by atoms with Gasteiger partial charge >= 0.3 is 0 Å². The van der Waals surface area contributed by atoms with Crippen molar-refractivity contribution in [2.24, 2.45) is 0 Å². The lowest BCUT2D eigenvalue weighted by atomic mass is 10.2. The molecule has 1 fully saturated rings. The van der Waals surface area contributed by atoms with Crippen molar-refractivity contribution in [1.82, 2.24) is 14.9 Å². The highest BCUT2D eigenvalue weighted by Gasteiger charge is 2.20. The van der Waals surface area contributed by atoms with Gasteiger partial charge in [0.15, 0.2) is 11.5 Å². The number of nitrogens with zero attached hydrogens (tertiary/aromatic N) is 3. The Morgan fingerprint density at radius 1 is 1.23 bits per heavy atom. The standard InChI is InChI=1S/C21H20ClFN4O3/c1-29-18-10-14-17(11-19(18)30-8-7-27-6-2-3-20(27)28)24-12-25-21(14)26-16-5-4-13(22)9-15(16)23/h4-5,9-12H,2-3,6-8H2,1H3,(H,24,25,26). The molecule has 0 saturated carbocycles. The fourth-order valence-corrected chi connectivity index (χ4v) is 3.52. The SMILES string of the molecule is COc1cc2c(Nc3ccc(Cl)cc3F)ncnc2cc1OCCN1CCCC1=O. The number of carbonyl (C=O) groups excluding carboxylic acids is 1. The van der Waals surface area contributed by atoms with Crippen molar-refractivity contribution in [3.05, 3.63) is 47.5 Å². The number of amides is 1. The van der Waals surface area contributed by atoms with Gasteiger partial charge in [0.1, 0.15) is 24.6 Å². The van der Waals surface area contributed by atoms with Gasteiger partial charge in [0.25, 0.3) is 0 Å². The number of hydrogen-bond acceptors (Lipinski definition) is 6. The van der Waals surface area contributed by atoms with Crippen LogP contribution in [0.5, 0.6) is 11.5 Å². The van der Waals surface area contributed by atoms with E-state index in [1.165, 1.54) is 19.5 Å². The zero-order chi connectivity index (χ0) is 21.1. The molecular weight excluding hydrogens is 411 g/mol. The summed E-state index contributed by atoms with van der Waals surface area (Å²) >= 11 is 5.82. The lowest BCUT2D eigenvalue weighted by Gasteiger charge is -2.17. The van der Waals surface area contributed by atoms with E-state index in [9.17, 15) is 9.18 Å². The summed E-state index contributed by atoms with van der Waals surface area (Å²) in [4.78, 5) is 22.0. The van der Waals surface area contributed by atoms with Crippen molar-refractivity contribution in [2.75, 3.05) is 32.1 Å². The van der Waals surface area contributed by atoms with Gasteiger partial charge in [0, 0.05) is 29.4 Å². The molecule has 1 N–H and O–H groups in total. The van der Waals surface area contributed by atoms with Gasteiger partial charge in [-0.2, -0.15) is 0 Å². The number of benzene rings is 2. The molecular formula is C21H20ClFN4O3. The summed E-state index contributed by atoms with van der Waals surface area (Å²) in [5.74, 6) is 1.09. The fraction of sp³-hybridized carbons (Fsp3) is 0.286. The maximum Gasteiger partial charge on any atom is 0.222 e. The van der Waals surface area contributed by atoms with Crippen molar-refractivity contribution in [3.8, 4) is 11.5 Å². The summed E-state index contributed by atoms with van der Waals surface area (Å²) in [6.45, 7) is 1.63. The number of likely N-dealkylation sites (tertiary alicyclic amines) is 1. The Balaban J connectivity index is 1.57. The molecule has 3 aromatic rings. The zero-order valence-electron chi connectivity index (χ0n) is 16.3. The van der Waals surface area contributed by atoms with E-state index >= 15 is 0 Å². The lowest BCUT2D eigenvalue weighted by molar-refractivity contribution is -0.128. The molecule has 1 aliphatic rings. The molecule has 0 spiro atoms. The van der Waals surface area contributed by atoms with Gasteiger partial charge in [-0.15, -0.1) is 0 Å². The van der Waals surface area contributed by atoms with E-state index < -0.39 is 5.82 Å².